The Hall–Kier alpha value is -4.11. The van der Waals surface area contributed by atoms with Gasteiger partial charge in [0, 0.05) is 36.6 Å². The minimum Gasteiger partial charge on any atom is -0.456 e. The van der Waals surface area contributed by atoms with Crippen LogP contribution < -0.4 is 15.8 Å². The molecule has 0 unspecified atom stereocenters. The zero-order chi connectivity index (χ0) is 27.7. The van der Waals surface area contributed by atoms with Crippen LogP contribution in [0.3, 0.4) is 0 Å². The van der Waals surface area contributed by atoms with Crippen LogP contribution in [0.5, 0.6) is 0 Å². The molecule has 0 saturated carbocycles. The molecule has 4 aromatic rings. The van der Waals surface area contributed by atoms with Crippen LogP contribution in [0.1, 0.15) is 30.0 Å². The van der Waals surface area contributed by atoms with E-state index in [1.165, 1.54) is 11.5 Å². The van der Waals surface area contributed by atoms with Crippen molar-refractivity contribution in [1.82, 2.24) is 19.2 Å². The molecule has 1 amide bonds. The molecule has 2 aromatic carbocycles. The second kappa shape index (κ2) is 10.6. The molecule has 0 radical (unpaired) electrons. The van der Waals surface area contributed by atoms with Crippen LogP contribution in [0.4, 0.5) is 9.52 Å². The molecular formula is C24H22FN5O7S2. The first-order chi connectivity index (χ1) is 18.6. The fraction of sp³-hybridized carbons (Fsp3) is 0.292. The summed E-state index contributed by atoms with van der Waals surface area (Å²) in [6.45, 7) is 0.898. The number of esters is 1. The van der Waals surface area contributed by atoms with E-state index in [9.17, 15) is 22.8 Å². The lowest BCUT2D eigenvalue weighted by Crippen LogP contribution is -2.41. The Morgan fingerprint density at radius 1 is 1.31 bits per heavy atom. The fourth-order valence-electron chi connectivity index (χ4n) is 4.55. The lowest BCUT2D eigenvalue weighted by Gasteiger charge is -2.27. The number of aromatic nitrogens is 3. The molecule has 2 aromatic heterocycles. The summed E-state index contributed by atoms with van der Waals surface area (Å²) < 4.78 is 57.5. The number of fused-ring (bicyclic) bond motifs is 2. The predicted octanol–water partition coefficient (Wildman–Crippen LogP) is 1.97. The number of amides is 1. The highest BCUT2D eigenvalue weighted by Crippen LogP contribution is 2.28. The molecule has 2 N–H and O–H groups in total. The number of sulfonamides is 1. The minimum atomic E-state index is -4.36. The molecule has 2 heterocycles. The van der Waals surface area contributed by atoms with Crippen LogP contribution in [0.15, 0.2) is 50.8 Å². The third-order valence-electron chi connectivity index (χ3n) is 6.28. The molecule has 15 heteroatoms. The summed E-state index contributed by atoms with van der Waals surface area (Å²) in [7, 11) is -4.36. The molecule has 0 bridgehead atoms. The third-order valence-corrected chi connectivity index (χ3v) is 8.34. The van der Waals surface area contributed by atoms with Crippen molar-refractivity contribution in [2.75, 3.05) is 11.3 Å². The number of halogens is 1. The lowest BCUT2D eigenvalue weighted by molar-refractivity contribution is -0.146. The monoisotopic (exact) mass is 575 g/mol. The first kappa shape index (κ1) is 26.5. The van der Waals surface area contributed by atoms with Crippen LogP contribution in [-0.4, -0.2) is 46.9 Å². The zero-order valence-corrected chi connectivity index (χ0v) is 22.1. The summed E-state index contributed by atoms with van der Waals surface area (Å²) in [5, 5.41) is 2.82. The van der Waals surface area contributed by atoms with Crippen molar-refractivity contribution in [2.24, 2.45) is 0 Å². The topological polar surface area (TPSA) is 162 Å². The maximum atomic E-state index is 15.1. The van der Waals surface area contributed by atoms with Gasteiger partial charge in [0.25, 0.3) is 15.9 Å². The molecule has 1 aliphatic rings. The second-order valence-electron chi connectivity index (χ2n) is 8.90. The SMILES string of the molecule is CC(=O)OCC(=O)N[C@H]1CCc2cccc(Cn3c(=O)oc4cc(S(=O)(=O)Nc5ncns5)c(F)cc43)c2C1. The fourth-order valence-corrected chi connectivity index (χ4v) is 6.29. The molecule has 12 nitrogen and oxygen atoms in total. The van der Waals surface area contributed by atoms with Crippen molar-refractivity contribution in [3.63, 3.8) is 0 Å². The zero-order valence-electron chi connectivity index (χ0n) is 20.5. The number of carbonyl (C=O) groups excluding carboxylic acids is 2. The van der Waals surface area contributed by atoms with Gasteiger partial charge in [-0.2, -0.15) is 4.37 Å². The van der Waals surface area contributed by atoms with E-state index < -0.39 is 38.4 Å². The van der Waals surface area contributed by atoms with Gasteiger partial charge in [0.05, 0.1) is 12.1 Å². The van der Waals surface area contributed by atoms with E-state index in [-0.39, 0.29) is 35.4 Å². The van der Waals surface area contributed by atoms with Gasteiger partial charge in [-0.05, 0) is 36.0 Å². The maximum absolute atomic E-state index is 15.1. The number of anilines is 1. The van der Waals surface area contributed by atoms with E-state index in [0.29, 0.717) is 19.3 Å². The number of oxazole rings is 1. The van der Waals surface area contributed by atoms with Crippen LogP contribution >= 0.6 is 11.5 Å². The van der Waals surface area contributed by atoms with E-state index in [0.717, 1.165) is 46.7 Å². The summed E-state index contributed by atoms with van der Waals surface area (Å²) in [6, 6.07) is 7.35. The van der Waals surface area contributed by atoms with Crippen LogP contribution in [0, 0.1) is 5.82 Å². The van der Waals surface area contributed by atoms with Crippen molar-refractivity contribution < 1.29 is 31.6 Å². The number of benzene rings is 2. The number of carbonyl (C=O) groups is 2. The Morgan fingerprint density at radius 3 is 2.87 bits per heavy atom. The van der Waals surface area contributed by atoms with Crippen LogP contribution in [0.25, 0.3) is 11.1 Å². The Kier molecular flexibility index (Phi) is 7.18. The normalized spacial score (nSPS) is 15.1. The van der Waals surface area contributed by atoms with Gasteiger partial charge < -0.3 is 14.5 Å². The predicted molar refractivity (Wildman–Crippen MR) is 137 cm³/mol. The molecular weight excluding hydrogens is 553 g/mol. The average Bonchev–Trinajstić information content (AvgIpc) is 3.49. The Balaban J connectivity index is 1.41. The van der Waals surface area contributed by atoms with Gasteiger partial charge in [-0.25, -0.2) is 22.6 Å². The lowest BCUT2D eigenvalue weighted by atomic mass is 9.85. The standard InChI is InChI=1S/C24H22FN5O7S2/c1-13(31)36-11-22(32)28-16-6-5-14-3-2-4-15(17(14)7-16)10-30-19-8-18(25)21(9-20(19)37-24(30)33)39(34,35)29-23-26-12-27-38-23/h2-4,8-9,12,16H,5-7,10-11H2,1H3,(H,28,32)(H,26,27,29)/t16-/m0/s1. The van der Waals surface area contributed by atoms with E-state index in [1.807, 2.05) is 18.2 Å². The number of hydrogen-bond acceptors (Lipinski definition) is 10. The summed E-state index contributed by atoms with van der Waals surface area (Å²) in [6.07, 6.45) is 3.00. The van der Waals surface area contributed by atoms with Crippen molar-refractivity contribution in [3.05, 3.63) is 69.7 Å². The maximum Gasteiger partial charge on any atom is 0.420 e. The second-order valence-corrected chi connectivity index (χ2v) is 11.3. The summed E-state index contributed by atoms with van der Waals surface area (Å²) in [5.41, 5.74) is 2.75. The molecule has 0 fully saturated rings. The molecule has 0 saturated heterocycles. The molecule has 1 aliphatic carbocycles. The van der Waals surface area contributed by atoms with E-state index in [1.54, 1.807) is 0 Å². The first-order valence-electron chi connectivity index (χ1n) is 11.8. The van der Waals surface area contributed by atoms with Gasteiger partial charge in [-0.1, -0.05) is 18.2 Å². The molecule has 0 spiro atoms. The summed E-state index contributed by atoms with van der Waals surface area (Å²) in [5.74, 6) is -2.81. The highest BCUT2D eigenvalue weighted by Gasteiger charge is 2.26. The highest BCUT2D eigenvalue weighted by atomic mass is 32.2. The van der Waals surface area contributed by atoms with Gasteiger partial charge >= 0.3 is 11.7 Å². The molecule has 1 atom stereocenters. The number of nitrogens with one attached hydrogen (secondary N) is 2. The van der Waals surface area contributed by atoms with Gasteiger partial charge in [-0.3, -0.25) is 18.9 Å². The van der Waals surface area contributed by atoms with E-state index in [2.05, 4.69) is 19.4 Å². The van der Waals surface area contributed by atoms with E-state index >= 15 is 4.39 Å². The summed E-state index contributed by atoms with van der Waals surface area (Å²) in [4.78, 5) is 38.9. The Labute approximate surface area is 225 Å². The Bertz CT molecular complexity index is 1730. The van der Waals surface area contributed by atoms with Gasteiger partial charge in [0.1, 0.15) is 17.0 Å². The van der Waals surface area contributed by atoms with Crippen molar-refractivity contribution in [2.45, 2.75) is 43.7 Å². The number of aryl methyl sites for hydroxylation is 1. The summed E-state index contributed by atoms with van der Waals surface area (Å²) >= 11 is 0.785. The number of nitrogens with zero attached hydrogens (tertiary/aromatic N) is 3. The minimum absolute atomic E-state index is 0.0387. The van der Waals surface area contributed by atoms with Gasteiger partial charge in [-0.15, -0.1) is 0 Å². The number of hydrogen-bond donors (Lipinski definition) is 2. The Morgan fingerprint density at radius 2 is 2.13 bits per heavy atom. The average molecular weight is 576 g/mol. The van der Waals surface area contributed by atoms with Crippen molar-refractivity contribution in [1.29, 1.82) is 0 Å². The number of rotatable bonds is 8. The van der Waals surface area contributed by atoms with E-state index in [4.69, 9.17) is 9.15 Å². The van der Waals surface area contributed by atoms with Crippen LogP contribution in [-0.2, 0) is 43.7 Å². The number of ether oxygens (including phenoxy) is 1. The molecule has 39 heavy (non-hydrogen) atoms. The first-order valence-corrected chi connectivity index (χ1v) is 14.0. The largest absolute Gasteiger partial charge is 0.456 e. The molecule has 0 aliphatic heterocycles. The van der Waals surface area contributed by atoms with Crippen LogP contribution in [0.2, 0.25) is 0 Å². The van der Waals surface area contributed by atoms with Crippen molar-refractivity contribution in [3.8, 4) is 0 Å². The quantitative estimate of drug-likeness (QED) is 0.299. The molecule has 204 valence electrons. The highest BCUT2D eigenvalue weighted by molar-refractivity contribution is 7.93. The molecule has 5 rings (SSSR count). The third kappa shape index (κ3) is 5.68. The van der Waals surface area contributed by atoms with Gasteiger partial charge in [0.2, 0.25) is 5.13 Å². The van der Waals surface area contributed by atoms with Crippen molar-refractivity contribution >= 4 is 49.7 Å². The smallest absolute Gasteiger partial charge is 0.420 e. The van der Waals surface area contributed by atoms with Gasteiger partial charge in [0.15, 0.2) is 12.2 Å².